The molecule has 1 amide bonds. The fraction of sp³-hybridized carbons (Fsp3) is 0.923. The van der Waals surface area contributed by atoms with Crippen LogP contribution in [0, 0.1) is 5.92 Å². The average molecular weight is 241 g/mol. The number of hydrogen-bond donors (Lipinski definition) is 2. The molecule has 1 atom stereocenters. The maximum absolute atomic E-state index is 12.1. The summed E-state index contributed by atoms with van der Waals surface area (Å²) in [6.45, 7) is 6.45. The van der Waals surface area contributed by atoms with E-state index in [0.29, 0.717) is 12.0 Å². The van der Waals surface area contributed by atoms with Gasteiger partial charge in [0.25, 0.3) is 0 Å². The Balaban J connectivity index is 2.52. The molecule has 1 rings (SSSR count). The number of amides is 1. The molecule has 0 bridgehead atoms. The van der Waals surface area contributed by atoms with Crippen LogP contribution in [-0.2, 0) is 4.79 Å². The second-order valence-corrected chi connectivity index (χ2v) is 5.61. The quantitative estimate of drug-likeness (QED) is 0.749. The van der Waals surface area contributed by atoms with Crippen molar-refractivity contribution in [3.63, 3.8) is 0 Å². The summed E-state index contributed by atoms with van der Waals surface area (Å²) in [4.78, 5) is 13.8. The highest BCUT2D eigenvalue weighted by Gasteiger charge is 2.24. The molecule has 0 aliphatic carbocycles. The van der Waals surface area contributed by atoms with Crippen molar-refractivity contribution >= 4 is 5.91 Å². The minimum atomic E-state index is -0.0203. The van der Waals surface area contributed by atoms with Gasteiger partial charge in [-0.2, -0.15) is 0 Å². The molecule has 1 unspecified atom stereocenters. The highest BCUT2D eigenvalue weighted by Crippen LogP contribution is 2.11. The maximum Gasteiger partial charge on any atom is 0.239 e. The van der Waals surface area contributed by atoms with Crippen LogP contribution in [0.15, 0.2) is 0 Å². The van der Waals surface area contributed by atoms with E-state index in [1.807, 2.05) is 14.1 Å². The zero-order valence-corrected chi connectivity index (χ0v) is 11.6. The predicted octanol–water partition coefficient (Wildman–Crippen LogP) is 0.831. The van der Waals surface area contributed by atoms with Crippen molar-refractivity contribution in [2.75, 3.05) is 27.2 Å². The van der Waals surface area contributed by atoms with E-state index < -0.39 is 0 Å². The van der Waals surface area contributed by atoms with Crippen molar-refractivity contribution in [3.05, 3.63) is 0 Å². The van der Waals surface area contributed by atoms with Gasteiger partial charge in [0.05, 0.1) is 6.04 Å². The number of nitrogens with one attached hydrogen (secondary N) is 2. The second-order valence-electron chi connectivity index (χ2n) is 5.61. The van der Waals surface area contributed by atoms with Crippen LogP contribution in [0.5, 0.6) is 0 Å². The van der Waals surface area contributed by atoms with Crippen LogP contribution in [0.2, 0.25) is 0 Å². The Hall–Kier alpha value is -0.610. The SMILES string of the molecule is CC(C)CC(NC1CCNCC1)C(=O)N(C)C. The largest absolute Gasteiger partial charge is 0.347 e. The summed E-state index contributed by atoms with van der Waals surface area (Å²) in [6, 6.07) is 0.469. The summed E-state index contributed by atoms with van der Waals surface area (Å²) in [5, 5.41) is 6.88. The molecule has 0 radical (unpaired) electrons. The minimum absolute atomic E-state index is 0.0203. The monoisotopic (exact) mass is 241 g/mol. The Morgan fingerprint density at radius 3 is 2.41 bits per heavy atom. The van der Waals surface area contributed by atoms with Crippen LogP contribution in [0.4, 0.5) is 0 Å². The minimum Gasteiger partial charge on any atom is -0.347 e. The van der Waals surface area contributed by atoms with E-state index in [-0.39, 0.29) is 11.9 Å². The van der Waals surface area contributed by atoms with Crippen LogP contribution in [0.25, 0.3) is 0 Å². The van der Waals surface area contributed by atoms with Gasteiger partial charge in [-0.3, -0.25) is 4.79 Å². The molecule has 1 aliphatic rings. The lowest BCUT2D eigenvalue weighted by Gasteiger charge is -2.30. The van der Waals surface area contributed by atoms with Crippen LogP contribution in [0.1, 0.15) is 33.1 Å². The van der Waals surface area contributed by atoms with Gasteiger partial charge >= 0.3 is 0 Å². The van der Waals surface area contributed by atoms with Crippen LogP contribution in [-0.4, -0.2) is 50.1 Å². The number of hydrogen-bond acceptors (Lipinski definition) is 3. The molecule has 4 nitrogen and oxygen atoms in total. The van der Waals surface area contributed by atoms with Crippen molar-refractivity contribution in [1.29, 1.82) is 0 Å². The fourth-order valence-corrected chi connectivity index (χ4v) is 2.30. The molecule has 1 saturated heterocycles. The first-order chi connectivity index (χ1) is 8.00. The number of nitrogens with zero attached hydrogens (tertiary/aromatic N) is 1. The summed E-state index contributed by atoms with van der Waals surface area (Å²) < 4.78 is 0. The summed E-state index contributed by atoms with van der Waals surface area (Å²) in [5.41, 5.74) is 0. The summed E-state index contributed by atoms with van der Waals surface area (Å²) in [5.74, 6) is 0.746. The summed E-state index contributed by atoms with van der Waals surface area (Å²) in [7, 11) is 3.67. The lowest BCUT2D eigenvalue weighted by molar-refractivity contribution is -0.131. The molecular weight excluding hydrogens is 214 g/mol. The van der Waals surface area contributed by atoms with Crippen molar-refractivity contribution in [2.45, 2.75) is 45.2 Å². The lowest BCUT2D eigenvalue weighted by Crippen LogP contribution is -2.51. The Bertz CT molecular complexity index is 235. The summed E-state index contributed by atoms with van der Waals surface area (Å²) in [6.07, 6.45) is 3.16. The molecule has 0 aromatic rings. The van der Waals surface area contributed by atoms with Crippen LogP contribution >= 0.6 is 0 Å². The molecule has 0 aromatic heterocycles. The first-order valence-corrected chi connectivity index (χ1v) is 6.68. The first-order valence-electron chi connectivity index (χ1n) is 6.68. The molecule has 17 heavy (non-hydrogen) atoms. The van der Waals surface area contributed by atoms with Crippen LogP contribution < -0.4 is 10.6 Å². The molecule has 1 fully saturated rings. The van der Waals surface area contributed by atoms with E-state index in [2.05, 4.69) is 24.5 Å². The van der Waals surface area contributed by atoms with E-state index in [9.17, 15) is 4.79 Å². The number of piperidine rings is 1. The molecule has 0 aromatic carbocycles. The smallest absolute Gasteiger partial charge is 0.239 e. The van der Waals surface area contributed by atoms with Crippen LogP contribution in [0.3, 0.4) is 0 Å². The van der Waals surface area contributed by atoms with Gasteiger partial charge < -0.3 is 15.5 Å². The van der Waals surface area contributed by atoms with Crippen molar-refractivity contribution in [1.82, 2.24) is 15.5 Å². The number of rotatable bonds is 5. The van der Waals surface area contributed by atoms with Gasteiger partial charge in [0.1, 0.15) is 0 Å². The Morgan fingerprint density at radius 2 is 1.94 bits per heavy atom. The van der Waals surface area contributed by atoms with E-state index in [1.165, 1.54) is 0 Å². The third-order valence-electron chi connectivity index (χ3n) is 3.22. The van der Waals surface area contributed by atoms with Crippen molar-refractivity contribution < 1.29 is 4.79 Å². The van der Waals surface area contributed by atoms with E-state index in [1.54, 1.807) is 4.90 Å². The van der Waals surface area contributed by atoms with Gasteiger partial charge in [-0.05, 0) is 38.3 Å². The normalized spacial score (nSPS) is 19.4. The van der Waals surface area contributed by atoms with E-state index in [4.69, 9.17) is 0 Å². The van der Waals surface area contributed by atoms with E-state index >= 15 is 0 Å². The van der Waals surface area contributed by atoms with Gasteiger partial charge in [-0.25, -0.2) is 0 Å². The zero-order chi connectivity index (χ0) is 12.8. The molecule has 2 N–H and O–H groups in total. The molecule has 1 heterocycles. The third-order valence-corrected chi connectivity index (χ3v) is 3.22. The number of carbonyl (C=O) groups is 1. The zero-order valence-electron chi connectivity index (χ0n) is 11.6. The second kappa shape index (κ2) is 6.97. The maximum atomic E-state index is 12.1. The Labute approximate surface area is 105 Å². The fourth-order valence-electron chi connectivity index (χ4n) is 2.30. The summed E-state index contributed by atoms with van der Waals surface area (Å²) >= 11 is 0. The predicted molar refractivity (Wildman–Crippen MR) is 71.0 cm³/mol. The van der Waals surface area contributed by atoms with Gasteiger partial charge in [-0.15, -0.1) is 0 Å². The highest BCUT2D eigenvalue weighted by molar-refractivity contribution is 5.81. The number of carbonyl (C=O) groups excluding carboxylic acids is 1. The molecule has 0 spiro atoms. The van der Waals surface area contributed by atoms with Gasteiger partial charge in [0.15, 0.2) is 0 Å². The van der Waals surface area contributed by atoms with Gasteiger partial charge in [0, 0.05) is 20.1 Å². The molecule has 4 heteroatoms. The lowest BCUT2D eigenvalue weighted by atomic mass is 9.99. The van der Waals surface area contributed by atoms with E-state index in [0.717, 1.165) is 32.4 Å². The molecule has 0 saturated carbocycles. The Kier molecular flexibility index (Phi) is 5.92. The average Bonchev–Trinajstić information content (AvgIpc) is 2.28. The molecule has 100 valence electrons. The highest BCUT2D eigenvalue weighted by atomic mass is 16.2. The first kappa shape index (κ1) is 14.5. The van der Waals surface area contributed by atoms with Crippen molar-refractivity contribution in [3.8, 4) is 0 Å². The third kappa shape index (κ3) is 5.04. The van der Waals surface area contributed by atoms with Gasteiger partial charge in [-0.1, -0.05) is 13.8 Å². The molecule has 1 aliphatic heterocycles. The number of likely N-dealkylation sites (N-methyl/N-ethyl adjacent to an activating group) is 1. The standard InChI is InChI=1S/C13H27N3O/c1-10(2)9-12(13(17)16(3)4)15-11-5-7-14-8-6-11/h10-12,14-15H,5-9H2,1-4H3. The molecular formula is C13H27N3O. The van der Waals surface area contributed by atoms with Gasteiger partial charge in [0.2, 0.25) is 5.91 Å². The van der Waals surface area contributed by atoms with Crippen molar-refractivity contribution in [2.24, 2.45) is 5.92 Å². The Morgan fingerprint density at radius 1 is 1.35 bits per heavy atom. The topological polar surface area (TPSA) is 44.4 Å².